The number of nitrogens with zero attached hydrogens (tertiary/aromatic N) is 3. The van der Waals surface area contributed by atoms with Crippen LogP contribution in [-0.2, 0) is 13.5 Å². The summed E-state index contributed by atoms with van der Waals surface area (Å²) in [5.74, 6) is 1.38. The van der Waals surface area contributed by atoms with E-state index in [-0.39, 0.29) is 5.91 Å². The van der Waals surface area contributed by atoms with E-state index in [9.17, 15) is 4.79 Å². The zero-order chi connectivity index (χ0) is 22.8. The maximum atomic E-state index is 12.6. The number of carbonyl (C=O) groups excluding carboxylic acids is 1. The molecule has 2 aromatic heterocycles. The quantitative estimate of drug-likeness (QED) is 0.305. The third-order valence-electron chi connectivity index (χ3n) is 5.62. The minimum Gasteiger partial charge on any atom is -0.497 e. The van der Waals surface area contributed by atoms with Gasteiger partial charge in [-0.1, -0.05) is 30.3 Å². The highest BCUT2D eigenvalue weighted by atomic mass is 16.5. The molecule has 0 fully saturated rings. The molecule has 0 aliphatic rings. The Morgan fingerprint density at radius 1 is 1.15 bits per heavy atom. The molecule has 5 aromatic rings. The summed E-state index contributed by atoms with van der Waals surface area (Å²) in [6, 6.07) is 21.3. The standard InChI is InChI=1S/C26H23N5O2/c1-31-16-19(21-5-3-4-6-24(21)31)15-27-30-26(32)18-9-12-22-23(14-18)29-25(28-22)13-17-7-10-20(33-2)11-8-17/h3-12,14-16H,13H2,1-2H3,(H,28,29)(H,30,32)/b27-15-. The largest absolute Gasteiger partial charge is 0.497 e. The zero-order valence-electron chi connectivity index (χ0n) is 18.4. The van der Waals surface area contributed by atoms with E-state index in [2.05, 4.69) is 20.5 Å². The number of benzene rings is 3. The zero-order valence-corrected chi connectivity index (χ0v) is 18.4. The molecule has 7 nitrogen and oxygen atoms in total. The number of aryl methyl sites for hydroxylation is 1. The number of rotatable bonds is 6. The highest BCUT2D eigenvalue weighted by molar-refractivity contribution is 6.01. The number of methoxy groups -OCH3 is 1. The molecule has 2 N–H and O–H groups in total. The predicted molar refractivity (Wildman–Crippen MR) is 130 cm³/mol. The van der Waals surface area contributed by atoms with E-state index in [1.165, 1.54) is 0 Å². The Bertz CT molecular complexity index is 1480. The molecule has 164 valence electrons. The van der Waals surface area contributed by atoms with Crippen LogP contribution in [0.4, 0.5) is 0 Å². The van der Waals surface area contributed by atoms with Gasteiger partial charge in [0.05, 0.1) is 24.4 Å². The van der Waals surface area contributed by atoms with Crippen LogP contribution in [0.15, 0.2) is 78.0 Å². The fraction of sp³-hybridized carbons (Fsp3) is 0.115. The molecule has 0 aliphatic carbocycles. The molecular weight excluding hydrogens is 414 g/mol. The molecule has 2 heterocycles. The predicted octanol–water partition coefficient (Wildman–Crippen LogP) is 4.42. The molecular formula is C26H23N5O2. The van der Waals surface area contributed by atoms with Gasteiger partial charge in [-0.15, -0.1) is 0 Å². The number of aromatic nitrogens is 3. The van der Waals surface area contributed by atoms with Crippen molar-refractivity contribution in [2.24, 2.45) is 12.1 Å². The molecule has 0 bridgehead atoms. The van der Waals surface area contributed by atoms with Crippen molar-refractivity contribution >= 4 is 34.1 Å². The average Bonchev–Trinajstić information content (AvgIpc) is 3.39. The lowest BCUT2D eigenvalue weighted by atomic mass is 10.1. The van der Waals surface area contributed by atoms with Crippen molar-refractivity contribution in [1.29, 1.82) is 0 Å². The Morgan fingerprint density at radius 2 is 1.97 bits per heavy atom. The van der Waals surface area contributed by atoms with Gasteiger partial charge in [0.25, 0.3) is 5.91 Å². The number of carbonyl (C=O) groups is 1. The molecule has 0 saturated carbocycles. The first-order valence-corrected chi connectivity index (χ1v) is 10.6. The summed E-state index contributed by atoms with van der Waals surface area (Å²) in [6.45, 7) is 0. The highest BCUT2D eigenvalue weighted by Crippen LogP contribution is 2.19. The number of imidazole rings is 1. The summed E-state index contributed by atoms with van der Waals surface area (Å²) in [4.78, 5) is 20.6. The van der Waals surface area contributed by atoms with Gasteiger partial charge in [0.15, 0.2) is 0 Å². The average molecular weight is 438 g/mol. The van der Waals surface area contributed by atoms with Crippen molar-refractivity contribution in [2.45, 2.75) is 6.42 Å². The molecule has 0 spiro atoms. The third-order valence-corrected chi connectivity index (χ3v) is 5.62. The Morgan fingerprint density at radius 3 is 2.79 bits per heavy atom. The molecule has 5 rings (SSSR count). The molecule has 0 radical (unpaired) electrons. The summed E-state index contributed by atoms with van der Waals surface area (Å²) in [7, 11) is 3.64. The molecule has 1 amide bonds. The first kappa shape index (κ1) is 20.5. The van der Waals surface area contributed by atoms with Crippen LogP contribution >= 0.6 is 0 Å². The maximum absolute atomic E-state index is 12.6. The van der Waals surface area contributed by atoms with Crippen molar-refractivity contribution < 1.29 is 9.53 Å². The molecule has 33 heavy (non-hydrogen) atoms. The molecule has 3 aromatic carbocycles. The second-order valence-electron chi connectivity index (χ2n) is 7.85. The molecule has 0 aliphatic heterocycles. The normalized spacial score (nSPS) is 11.5. The Labute approximate surface area is 190 Å². The van der Waals surface area contributed by atoms with Crippen molar-refractivity contribution in [3.63, 3.8) is 0 Å². The first-order valence-electron chi connectivity index (χ1n) is 10.6. The third kappa shape index (κ3) is 4.21. The Hall–Kier alpha value is -4.39. The fourth-order valence-electron chi connectivity index (χ4n) is 3.93. The van der Waals surface area contributed by atoms with Crippen LogP contribution in [0.25, 0.3) is 21.9 Å². The number of para-hydroxylation sites is 1. The summed E-state index contributed by atoms with van der Waals surface area (Å²) in [6.07, 6.45) is 4.32. The first-order chi connectivity index (χ1) is 16.1. The van der Waals surface area contributed by atoms with Crippen LogP contribution in [0, 0.1) is 0 Å². The van der Waals surface area contributed by atoms with Crippen molar-refractivity contribution in [2.75, 3.05) is 7.11 Å². The topological polar surface area (TPSA) is 84.3 Å². The van der Waals surface area contributed by atoms with Gasteiger partial charge in [-0.2, -0.15) is 5.10 Å². The van der Waals surface area contributed by atoms with E-state index >= 15 is 0 Å². The lowest BCUT2D eigenvalue weighted by Crippen LogP contribution is -2.17. The van der Waals surface area contributed by atoms with Gasteiger partial charge in [-0.3, -0.25) is 4.79 Å². The number of hydrazone groups is 1. The lowest BCUT2D eigenvalue weighted by molar-refractivity contribution is 0.0955. The number of amides is 1. The van der Waals surface area contributed by atoms with E-state index in [4.69, 9.17) is 4.74 Å². The smallest absolute Gasteiger partial charge is 0.271 e. The van der Waals surface area contributed by atoms with Crippen molar-refractivity contribution in [3.05, 3.63) is 95.4 Å². The van der Waals surface area contributed by atoms with Gasteiger partial charge in [-0.05, 0) is 42.0 Å². The van der Waals surface area contributed by atoms with Gasteiger partial charge in [0.2, 0.25) is 0 Å². The van der Waals surface area contributed by atoms with Gasteiger partial charge >= 0.3 is 0 Å². The molecule has 0 unspecified atom stereocenters. The van der Waals surface area contributed by atoms with E-state index in [1.54, 1.807) is 25.5 Å². The minimum atomic E-state index is -0.278. The van der Waals surface area contributed by atoms with E-state index in [0.717, 1.165) is 44.6 Å². The second kappa shape index (κ2) is 8.63. The van der Waals surface area contributed by atoms with Crippen molar-refractivity contribution in [1.82, 2.24) is 20.0 Å². The molecule has 0 atom stereocenters. The number of ether oxygens (including phenoxy) is 1. The number of H-pyrrole nitrogens is 1. The second-order valence-corrected chi connectivity index (χ2v) is 7.85. The summed E-state index contributed by atoms with van der Waals surface area (Å²) in [5.41, 5.74) is 7.93. The summed E-state index contributed by atoms with van der Waals surface area (Å²) < 4.78 is 7.24. The van der Waals surface area contributed by atoms with Gasteiger partial charge in [-0.25, -0.2) is 10.4 Å². The number of aromatic amines is 1. The van der Waals surface area contributed by atoms with Gasteiger partial charge in [0.1, 0.15) is 11.6 Å². The van der Waals surface area contributed by atoms with Crippen LogP contribution in [0.5, 0.6) is 5.75 Å². The number of hydrogen-bond acceptors (Lipinski definition) is 4. The summed E-state index contributed by atoms with van der Waals surface area (Å²) >= 11 is 0. The van der Waals surface area contributed by atoms with Crippen LogP contribution < -0.4 is 10.2 Å². The SMILES string of the molecule is COc1ccc(Cc2nc3ccc(C(=O)N/N=C\c4cn(C)c5ccccc45)cc3[nH]2)cc1. The van der Waals surface area contributed by atoms with E-state index in [0.29, 0.717) is 12.0 Å². The van der Waals surface area contributed by atoms with Crippen LogP contribution in [-0.4, -0.2) is 33.8 Å². The number of fused-ring (bicyclic) bond motifs is 2. The lowest BCUT2D eigenvalue weighted by Gasteiger charge is -2.01. The van der Waals surface area contributed by atoms with Crippen molar-refractivity contribution in [3.8, 4) is 5.75 Å². The fourth-order valence-corrected chi connectivity index (χ4v) is 3.93. The van der Waals surface area contributed by atoms with Crippen LogP contribution in [0.1, 0.15) is 27.3 Å². The highest BCUT2D eigenvalue weighted by Gasteiger charge is 2.10. The van der Waals surface area contributed by atoms with Crippen LogP contribution in [0.3, 0.4) is 0 Å². The number of hydrogen-bond donors (Lipinski definition) is 2. The number of nitrogens with one attached hydrogen (secondary N) is 2. The van der Waals surface area contributed by atoms with Gasteiger partial charge in [0, 0.05) is 41.7 Å². The monoisotopic (exact) mass is 437 g/mol. The van der Waals surface area contributed by atoms with E-state index in [1.807, 2.05) is 72.4 Å². The Balaban J connectivity index is 1.29. The van der Waals surface area contributed by atoms with Gasteiger partial charge < -0.3 is 14.3 Å². The maximum Gasteiger partial charge on any atom is 0.271 e. The van der Waals surface area contributed by atoms with Crippen LogP contribution in [0.2, 0.25) is 0 Å². The minimum absolute atomic E-state index is 0.278. The van der Waals surface area contributed by atoms with E-state index < -0.39 is 0 Å². The molecule has 0 saturated heterocycles. The summed E-state index contributed by atoms with van der Waals surface area (Å²) in [5, 5.41) is 5.25. The molecule has 7 heteroatoms. The Kier molecular flexibility index (Phi) is 5.36.